The average molecular weight is 660 g/mol. The maximum atomic E-state index is 4.79. The topological polar surface area (TPSA) is 22.8 Å². The van der Waals surface area contributed by atoms with Crippen LogP contribution in [0.2, 0.25) is 0 Å². The van der Waals surface area contributed by atoms with Gasteiger partial charge in [0.1, 0.15) is 0 Å². The highest BCUT2D eigenvalue weighted by molar-refractivity contribution is 6.17. The first-order valence-electron chi connectivity index (χ1n) is 17.9. The lowest BCUT2D eigenvalue weighted by Gasteiger charge is -2.12. The van der Waals surface area contributed by atoms with E-state index in [9.17, 15) is 0 Å². The van der Waals surface area contributed by atoms with Crippen molar-refractivity contribution in [2.24, 2.45) is 0 Å². The highest BCUT2D eigenvalue weighted by Gasteiger charge is 2.24. The van der Waals surface area contributed by atoms with Crippen LogP contribution < -0.4 is 0 Å². The van der Waals surface area contributed by atoms with Crippen molar-refractivity contribution in [2.75, 3.05) is 0 Å². The lowest BCUT2D eigenvalue weighted by atomic mass is 10.00. The lowest BCUT2D eigenvalue weighted by molar-refractivity contribution is 1.18. The Morgan fingerprint density at radius 1 is 0.346 bits per heavy atom. The van der Waals surface area contributed by atoms with E-state index >= 15 is 0 Å². The minimum atomic E-state index is 1.07. The molecule has 0 N–H and O–H groups in total. The number of aromatic nitrogens is 3. The van der Waals surface area contributed by atoms with Gasteiger partial charge in [-0.25, -0.2) is 0 Å². The quantitative estimate of drug-likeness (QED) is 0.185. The number of pyridine rings is 1. The fourth-order valence-corrected chi connectivity index (χ4v) is 8.96. The minimum Gasteiger partial charge on any atom is -0.309 e. The van der Waals surface area contributed by atoms with Crippen molar-refractivity contribution in [3.8, 4) is 44.9 Å². The Hall–Kier alpha value is -6.97. The van der Waals surface area contributed by atoms with Crippen LogP contribution >= 0.6 is 0 Å². The molecule has 1 aliphatic carbocycles. The van der Waals surface area contributed by atoms with Gasteiger partial charge in [0.25, 0.3) is 0 Å². The van der Waals surface area contributed by atoms with Crippen LogP contribution in [0.3, 0.4) is 0 Å². The van der Waals surface area contributed by atoms with Crippen molar-refractivity contribution in [2.45, 2.75) is 0 Å². The SMILES string of the molecule is c1ccc(-n2c3ccc(-c4ccc5c(c4)c4ccccc4n5-c4cc5c6c(cccc6c4)-c4ncccc4-5)cc3c3cc4ccccc4cc32)cc1. The zero-order chi connectivity index (χ0) is 33.9. The van der Waals surface area contributed by atoms with E-state index in [-0.39, 0.29) is 0 Å². The molecule has 0 saturated carbocycles. The van der Waals surface area contributed by atoms with E-state index in [0.29, 0.717) is 0 Å². The molecule has 8 aromatic carbocycles. The van der Waals surface area contributed by atoms with Gasteiger partial charge in [-0.05, 0) is 111 Å². The molecule has 1 aliphatic rings. The zero-order valence-electron chi connectivity index (χ0n) is 28.1. The fourth-order valence-electron chi connectivity index (χ4n) is 8.96. The molecular formula is C49H29N3. The second-order valence-electron chi connectivity index (χ2n) is 14.0. The maximum absolute atomic E-state index is 4.79. The highest BCUT2D eigenvalue weighted by Crippen LogP contribution is 2.48. The molecule has 0 atom stereocenters. The van der Waals surface area contributed by atoms with Crippen LogP contribution in [0.4, 0.5) is 0 Å². The van der Waals surface area contributed by atoms with Crippen molar-refractivity contribution in [3.05, 3.63) is 176 Å². The molecular weight excluding hydrogens is 631 g/mol. The summed E-state index contributed by atoms with van der Waals surface area (Å²) in [4.78, 5) is 4.79. The Morgan fingerprint density at radius 3 is 1.81 bits per heavy atom. The molecule has 0 fully saturated rings. The zero-order valence-corrected chi connectivity index (χ0v) is 28.1. The normalized spacial score (nSPS) is 12.2. The summed E-state index contributed by atoms with van der Waals surface area (Å²) < 4.78 is 4.84. The van der Waals surface area contributed by atoms with Gasteiger partial charge in [0.05, 0.1) is 27.8 Å². The molecule has 0 amide bonds. The molecule has 0 bridgehead atoms. The molecule has 0 saturated heterocycles. The standard InChI is InChI=1S/C49H29N3/c1-2-13-35(14-3-1)51-46-22-20-33(27-41(46)42-25-30-10-4-5-11-31(30)28-47(42)51)32-19-21-45-40(26-32)37-15-6-7-18-44(37)52(45)36-24-34-12-8-16-39-48(34)43(29-36)38-17-9-23-50-49(38)39/h1-29H. The number of fused-ring (bicyclic) bond motifs is 10. The monoisotopic (exact) mass is 659 g/mol. The Balaban J connectivity index is 1.08. The first kappa shape index (κ1) is 27.8. The van der Waals surface area contributed by atoms with E-state index in [1.807, 2.05) is 12.3 Å². The predicted molar refractivity (Wildman–Crippen MR) is 218 cm³/mol. The van der Waals surface area contributed by atoms with Crippen LogP contribution in [-0.4, -0.2) is 14.1 Å². The highest BCUT2D eigenvalue weighted by atomic mass is 15.0. The first-order valence-corrected chi connectivity index (χ1v) is 17.9. The first-order chi connectivity index (χ1) is 25.8. The van der Waals surface area contributed by atoms with E-state index in [2.05, 4.69) is 173 Å². The van der Waals surface area contributed by atoms with Gasteiger partial charge in [-0.1, -0.05) is 97.1 Å². The van der Waals surface area contributed by atoms with Gasteiger partial charge in [0.2, 0.25) is 0 Å². The molecule has 11 aromatic rings. The summed E-state index contributed by atoms with van der Waals surface area (Å²) in [6, 6.07) is 62.4. The van der Waals surface area contributed by atoms with Crippen LogP contribution in [0, 0.1) is 0 Å². The molecule has 0 radical (unpaired) electrons. The molecule has 52 heavy (non-hydrogen) atoms. The third kappa shape index (κ3) is 3.77. The largest absolute Gasteiger partial charge is 0.309 e. The Labute approximate surface area is 299 Å². The summed E-state index contributed by atoms with van der Waals surface area (Å²) in [5.74, 6) is 0. The van der Waals surface area contributed by atoms with Crippen molar-refractivity contribution in [1.29, 1.82) is 0 Å². The van der Waals surface area contributed by atoms with Crippen molar-refractivity contribution in [3.63, 3.8) is 0 Å². The van der Waals surface area contributed by atoms with Crippen molar-refractivity contribution >= 4 is 65.2 Å². The fraction of sp³-hybridized carbons (Fsp3) is 0. The van der Waals surface area contributed by atoms with Gasteiger partial charge < -0.3 is 9.13 Å². The summed E-state index contributed by atoms with van der Waals surface area (Å²) in [7, 11) is 0. The van der Waals surface area contributed by atoms with Crippen LogP contribution in [-0.2, 0) is 0 Å². The number of hydrogen-bond donors (Lipinski definition) is 0. The van der Waals surface area contributed by atoms with Gasteiger partial charge >= 0.3 is 0 Å². The molecule has 12 rings (SSSR count). The molecule has 0 spiro atoms. The summed E-state index contributed by atoms with van der Waals surface area (Å²) in [6.45, 7) is 0. The summed E-state index contributed by atoms with van der Waals surface area (Å²) in [6.07, 6.45) is 1.90. The summed E-state index contributed by atoms with van der Waals surface area (Å²) in [5.41, 5.74) is 14.3. The molecule has 0 unspecified atom stereocenters. The number of nitrogens with zero attached hydrogens (tertiary/aromatic N) is 3. The third-order valence-corrected chi connectivity index (χ3v) is 11.2. The van der Waals surface area contributed by atoms with Gasteiger partial charge in [-0.3, -0.25) is 4.98 Å². The number of benzene rings is 8. The summed E-state index contributed by atoms with van der Waals surface area (Å²) in [5, 5.41) is 10.1. The second-order valence-corrected chi connectivity index (χ2v) is 14.0. The predicted octanol–water partition coefficient (Wildman–Crippen LogP) is 12.9. The van der Waals surface area contributed by atoms with E-state index in [4.69, 9.17) is 4.98 Å². The average Bonchev–Trinajstić information content (AvgIpc) is 3.83. The number of hydrogen-bond acceptors (Lipinski definition) is 1. The van der Waals surface area contributed by atoms with Crippen LogP contribution in [0.15, 0.2) is 176 Å². The molecule has 3 nitrogen and oxygen atoms in total. The van der Waals surface area contributed by atoms with Gasteiger partial charge in [-0.2, -0.15) is 0 Å². The molecule has 3 heterocycles. The van der Waals surface area contributed by atoms with E-state index in [1.165, 1.54) is 98.7 Å². The van der Waals surface area contributed by atoms with Crippen LogP contribution in [0.25, 0.3) is 110 Å². The number of rotatable bonds is 3. The Bertz CT molecular complexity index is 3290. The third-order valence-electron chi connectivity index (χ3n) is 11.2. The maximum Gasteiger partial charge on any atom is 0.0786 e. The van der Waals surface area contributed by atoms with E-state index < -0.39 is 0 Å². The van der Waals surface area contributed by atoms with Gasteiger partial charge in [0.15, 0.2) is 0 Å². The van der Waals surface area contributed by atoms with Crippen LogP contribution in [0.1, 0.15) is 0 Å². The van der Waals surface area contributed by atoms with E-state index in [0.717, 1.165) is 11.4 Å². The molecule has 3 aromatic heterocycles. The Morgan fingerprint density at radius 2 is 0.981 bits per heavy atom. The summed E-state index contributed by atoms with van der Waals surface area (Å²) >= 11 is 0. The van der Waals surface area contributed by atoms with Crippen LogP contribution in [0.5, 0.6) is 0 Å². The van der Waals surface area contributed by atoms with Crippen molar-refractivity contribution in [1.82, 2.24) is 14.1 Å². The van der Waals surface area contributed by atoms with Crippen molar-refractivity contribution < 1.29 is 0 Å². The lowest BCUT2D eigenvalue weighted by Crippen LogP contribution is -1.95. The molecule has 0 aliphatic heterocycles. The van der Waals surface area contributed by atoms with Gasteiger partial charge in [0, 0.05) is 50.2 Å². The second kappa shape index (κ2) is 10.3. The molecule has 240 valence electrons. The smallest absolute Gasteiger partial charge is 0.0786 e. The Kier molecular flexibility index (Phi) is 5.50. The minimum absolute atomic E-state index is 1.07. The number of para-hydroxylation sites is 2. The molecule has 3 heteroatoms. The van der Waals surface area contributed by atoms with Gasteiger partial charge in [-0.15, -0.1) is 0 Å². The van der Waals surface area contributed by atoms with E-state index in [1.54, 1.807) is 0 Å².